The lowest BCUT2D eigenvalue weighted by Crippen LogP contribution is -2.44. The Bertz CT molecular complexity index is 892. The predicted molar refractivity (Wildman–Crippen MR) is 109 cm³/mol. The zero-order chi connectivity index (χ0) is 22.3. The fourth-order valence-electron chi connectivity index (χ4n) is 3.15. The number of aliphatic imine (C=N–C) groups is 1. The number of nitrogens with one attached hydrogen (secondary N) is 2. The van der Waals surface area contributed by atoms with Crippen LogP contribution in [0.5, 0.6) is 5.88 Å². The van der Waals surface area contributed by atoms with Crippen molar-refractivity contribution in [1.29, 1.82) is 0 Å². The molecule has 0 radical (unpaired) electrons. The van der Waals surface area contributed by atoms with Crippen molar-refractivity contribution >= 4 is 11.8 Å². The summed E-state index contributed by atoms with van der Waals surface area (Å²) in [5.41, 5.74) is 0.660. The van der Waals surface area contributed by atoms with Crippen LogP contribution in [0, 0.1) is 5.82 Å². The maximum absolute atomic E-state index is 14.0. The van der Waals surface area contributed by atoms with Gasteiger partial charge in [0, 0.05) is 44.1 Å². The molecule has 168 valence electrons. The molecule has 0 amide bonds. The van der Waals surface area contributed by atoms with Gasteiger partial charge in [-0.05, 0) is 37.1 Å². The maximum Gasteiger partial charge on any atom is 0.422 e. The first kappa shape index (κ1) is 22.6. The van der Waals surface area contributed by atoms with Crippen molar-refractivity contribution in [2.75, 3.05) is 31.1 Å². The number of ether oxygens (including phenoxy) is 1. The summed E-state index contributed by atoms with van der Waals surface area (Å²) in [5.74, 6) is 0.430. The highest BCUT2D eigenvalue weighted by atomic mass is 19.4. The van der Waals surface area contributed by atoms with E-state index in [4.69, 9.17) is 0 Å². The first-order valence-electron chi connectivity index (χ1n) is 9.89. The topological polar surface area (TPSA) is 74.7 Å². The molecule has 2 N–H and O–H groups in total. The molecule has 1 atom stereocenters. The van der Waals surface area contributed by atoms with Gasteiger partial charge in [0.1, 0.15) is 0 Å². The SMILES string of the molecule is CCNC(=NCc1ccnc(OCC(F)(F)F)c1)NC1CCN(c2ncccc2F)C1. The molecule has 0 aromatic carbocycles. The number of hydrogen-bond acceptors (Lipinski definition) is 5. The maximum atomic E-state index is 14.0. The van der Waals surface area contributed by atoms with Crippen LogP contribution in [-0.4, -0.2) is 54.4 Å². The molecule has 2 aromatic rings. The number of anilines is 1. The third-order valence-electron chi connectivity index (χ3n) is 4.51. The fourth-order valence-corrected chi connectivity index (χ4v) is 3.15. The van der Waals surface area contributed by atoms with Crippen LogP contribution in [-0.2, 0) is 6.54 Å². The van der Waals surface area contributed by atoms with Crippen LogP contribution in [0.3, 0.4) is 0 Å². The van der Waals surface area contributed by atoms with Crippen LogP contribution in [0.1, 0.15) is 18.9 Å². The largest absolute Gasteiger partial charge is 0.468 e. The molecule has 1 aliphatic rings. The van der Waals surface area contributed by atoms with Crippen LogP contribution in [0.15, 0.2) is 41.7 Å². The molecule has 3 rings (SSSR count). The van der Waals surface area contributed by atoms with Gasteiger partial charge in [0.25, 0.3) is 0 Å². The van der Waals surface area contributed by atoms with Gasteiger partial charge in [-0.25, -0.2) is 19.4 Å². The zero-order valence-electron chi connectivity index (χ0n) is 17.0. The molecule has 7 nitrogen and oxygen atoms in total. The van der Waals surface area contributed by atoms with E-state index < -0.39 is 12.8 Å². The van der Waals surface area contributed by atoms with Gasteiger partial charge in [-0.15, -0.1) is 0 Å². The summed E-state index contributed by atoms with van der Waals surface area (Å²) < 4.78 is 55.6. The quantitative estimate of drug-likeness (QED) is 0.392. The summed E-state index contributed by atoms with van der Waals surface area (Å²) in [4.78, 5) is 14.3. The number of pyridine rings is 2. The molecule has 1 unspecified atom stereocenters. The highest BCUT2D eigenvalue weighted by Gasteiger charge is 2.29. The Hall–Kier alpha value is -3.11. The molecule has 1 aliphatic heterocycles. The Balaban J connectivity index is 1.59. The number of halogens is 4. The van der Waals surface area contributed by atoms with Crippen molar-refractivity contribution in [3.63, 3.8) is 0 Å². The van der Waals surface area contributed by atoms with Crippen molar-refractivity contribution in [3.8, 4) is 5.88 Å². The fraction of sp³-hybridized carbons (Fsp3) is 0.450. The summed E-state index contributed by atoms with van der Waals surface area (Å²) in [7, 11) is 0. The summed E-state index contributed by atoms with van der Waals surface area (Å²) in [5, 5.41) is 6.46. The van der Waals surface area contributed by atoms with E-state index in [0.29, 0.717) is 37.0 Å². The van der Waals surface area contributed by atoms with Gasteiger partial charge in [0.05, 0.1) is 6.54 Å². The highest BCUT2D eigenvalue weighted by molar-refractivity contribution is 5.80. The van der Waals surface area contributed by atoms with Gasteiger partial charge in [-0.3, -0.25) is 0 Å². The molecular formula is C20H24F4N6O. The zero-order valence-corrected chi connectivity index (χ0v) is 17.0. The molecule has 31 heavy (non-hydrogen) atoms. The van der Waals surface area contributed by atoms with Crippen molar-refractivity contribution in [3.05, 3.63) is 48.0 Å². The van der Waals surface area contributed by atoms with Crippen LogP contribution in [0.2, 0.25) is 0 Å². The number of alkyl halides is 3. The molecular weight excluding hydrogens is 416 g/mol. The van der Waals surface area contributed by atoms with E-state index in [9.17, 15) is 17.6 Å². The molecule has 0 saturated carbocycles. The van der Waals surface area contributed by atoms with Crippen molar-refractivity contribution in [2.45, 2.75) is 32.1 Å². The number of hydrogen-bond donors (Lipinski definition) is 2. The Morgan fingerprint density at radius 2 is 2.13 bits per heavy atom. The van der Waals surface area contributed by atoms with Crippen LogP contribution >= 0.6 is 0 Å². The van der Waals surface area contributed by atoms with Gasteiger partial charge in [-0.1, -0.05) is 0 Å². The second-order valence-corrected chi connectivity index (χ2v) is 6.99. The monoisotopic (exact) mass is 440 g/mol. The van der Waals surface area contributed by atoms with Crippen LogP contribution in [0.25, 0.3) is 0 Å². The molecule has 11 heteroatoms. The normalized spacial score (nSPS) is 17.0. The van der Waals surface area contributed by atoms with Crippen molar-refractivity contribution < 1.29 is 22.3 Å². The van der Waals surface area contributed by atoms with Crippen LogP contribution in [0.4, 0.5) is 23.4 Å². The molecule has 1 fully saturated rings. The van der Waals surface area contributed by atoms with E-state index in [1.165, 1.54) is 18.3 Å². The van der Waals surface area contributed by atoms with E-state index >= 15 is 0 Å². The lowest BCUT2D eigenvalue weighted by atomic mass is 10.2. The second kappa shape index (κ2) is 10.3. The van der Waals surface area contributed by atoms with E-state index in [1.807, 2.05) is 11.8 Å². The van der Waals surface area contributed by atoms with Gasteiger partial charge in [0.15, 0.2) is 24.2 Å². The minimum atomic E-state index is -4.43. The molecule has 0 bridgehead atoms. The van der Waals surface area contributed by atoms with E-state index in [0.717, 1.165) is 6.42 Å². The average Bonchev–Trinajstić information content (AvgIpc) is 3.19. The molecule has 0 aliphatic carbocycles. The van der Waals surface area contributed by atoms with Gasteiger partial charge in [-0.2, -0.15) is 13.2 Å². The minimum absolute atomic E-state index is 0.0438. The molecule has 3 heterocycles. The standard InChI is InChI=1S/C20H24F4N6O/c1-2-25-19(28-11-14-5-8-26-17(10-14)31-13-20(22,23)24)29-15-6-9-30(12-15)18-16(21)4-3-7-27-18/h3-5,7-8,10,15H,2,6,9,11-13H2,1H3,(H2,25,28,29). The van der Waals surface area contributed by atoms with Crippen molar-refractivity contribution in [1.82, 2.24) is 20.6 Å². The van der Waals surface area contributed by atoms with E-state index in [2.05, 4.69) is 30.3 Å². The Morgan fingerprint density at radius 1 is 1.29 bits per heavy atom. The summed E-state index contributed by atoms with van der Waals surface area (Å²) in [6, 6.07) is 6.08. The first-order valence-corrected chi connectivity index (χ1v) is 9.89. The predicted octanol–water partition coefficient (Wildman–Crippen LogP) is 2.89. The Kier molecular flexibility index (Phi) is 7.48. The first-order chi connectivity index (χ1) is 14.8. The number of rotatable bonds is 7. The molecule has 1 saturated heterocycles. The third kappa shape index (κ3) is 6.97. The van der Waals surface area contributed by atoms with Gasteiger partial charge >= 0.3 is 6.18 Å². The number of guanidine groups is 1. The summed E-state index contributed by atoms with van der Waals surface area (Å²) >= 11 is 0. The minimum Gasteiger partial charge on any atom is -0.468 e. The Morgan fingerprint density at radius 3 is 2.87 bits per heavy atom. The van der Waals surface area contributed by atoms with Gasteiger partial charge in [0.2, 0.25) is 5.88 Å². The highest BCUT2D eigenvalue weighted by Crippen LogP contribution is 2.21. The summed E-state index contributed by atoms with van der Waals surface area (Å²) in [6.45, 7) is 2.63. The number of aromatic nitrogens is 2. The number of nitrogens with zero attached hydrogens (tertiary/aromatic N) is 4. The second-order valence-electron chi connectivity index (χ2n) is 6.99. The lowest BCUT2D eigenvalue weighted by Gasteiger charge is -2.20. The molecule has 0 spiro atoms. The smallest absolute Gasteiger partial charge is 0.422 e. The lowest BCUT2D eigenvalue weighted by molar-refractivity contribution is -0.154. The average molecular weight is 440 g/mol. The third-order valence-corrected chi connectivity index (χ3v) is 4.51. The van der Waals surface area contributed by atoms with Crippen molar-refractivity contribution in [2.24, 2.45) is 4.99 Å². The van der Waals surface area contributed by atoms with E-state index in [-0.39, 0.29) is 24.3 Å². The van der Waals surface area contributed by atoms with Crippen LogP contribution < -0.4 is 20.3 Å². The van der Waals surface area contributed by atoms with Gasteiger partial charge < -0.3 is 20.3 Å². The Labute approximate surface area is 177 Å². The molecule has 2 aromatic heterocycles. The summed E-state index contributed by atoms with van der Waals surface area (Å²) in [6.07, 6.45) is -0.699. The van der Waals surface area contributed by atoms with E-state index in [1.54, 1.807) is 18.3 Å².